The molecule has 2 aromatic heterocycles. The Bertz CT molecular complexity index is 1910. The lowest BCUT2D eigenvalue weighted by Crippen LogP contribution is -2.17. The van der Waals surface area contributed by atoms with Gasteiger partial charge >= 0.3 is 0 Å². The largest absolute Gasteiger partial charge is 0.492 e. The molecule has 5 aromatic rings. The van der Waals surface area contributed by atoms with Crippen molar-refractivity contribution in [2.24, 2.45) is 0 Å². The lowest BCUT2D eigenvalue weighted by molar-refractivity contribution is -0.116. The number of carbonyl (C=O) groups is 1. The summed E-state index contributed by atoms with van der Waals surface area (Å²) in [4.78, 5) is 28.6. The van der Waals surface area contributed by atoms with Crippen LogP contribution in [0.3, 0.4) is 0 Å². The lowest BCUT2D eigenvalue weighted by atomic mass is 10.1. The summed E-state index contributed by atoms with van der Waals surface area (Å²) in [7, 11) is 3.94. The first-order chi connectivity index (χ1) is 21.7. The van der Waals surface area contributed by atoms with Gasteiger partial charge in [-0.2, -0.15) is 5.26 Å². The Balaban J connectivity index is 1.39. The number of aryl methyl sites for hydroxylation is 1. The van der Waals surface area contributed by atoms with E-state index in [0.717, 1.165) is 35.4 Å². The number of anilines is 3. The van der Waals surface area contributed by atoms with Gasteiger partial charge in [0.1, 0.15) is 24.2 Å². The SMILES string of the molecule is CCOc1cc2ncc(C#N)c(Nc3ccc(OCc4nc5ccccc5nc4C)c(Cl)c3)c2cc1NC(=O)CCCN(C)C. The van der Waals surface area contributed by atoms with Gasteiger partial charge in [0.05, 0.1) is 56.5 Å². The third-order valence-corrected chi connectivity index (χ3v) is 7.38. The molecule has 1 amide bonds. The third-order valence-electron chi connectivity index (χ3n) is 7.08. The number of hydrogen-bond acceptors (Lipinski definition) is 9. The fourth-order valence-corrected chi connectivity index (χ4v) is 5.06. The van der Waals surface area contributed by atoms with Crippen LogP contribution in [0.5, 0.6) is 11.5 Å². The summed E-state index contributed by atoms with van der Waals surface area (Å²) >= 11 is 6.64. The van der Waals surface area contributed by atoms with Gasteiger partial charge in [0.15, 0.2) is 0 Å². The zero-order valence-corrected chi connectivity index (χ0v) is 26.4. The van der Waals surface area contributed by atoms with Crippen LogP contribution in [-0.2, 0) is 11.4 Å². The van der Waals surface area contributed by atoms with Crippen LogP contribution in [0.25, 0.3) is 21.9 Å². The van der Waals surface area contributed by atoms with E-state index < -0.39 is 0 Å². The molecule has 0 unspecified atom stereocenters. The van der Waals surface area contributed by atoms with E-state index in [9.17, 15) is 10.1 Å². The zero-order valence-electron chi connectivity index (χ0n) is 25.6. The molecule has 2 heterocycles. The van der Waals surface area contributed by atoms with Crippen LogP contribution >= 0.6 is 11.6 Å². The van der Waals surface area contributed by atoms with Gasteiger partial charge in [-0.25, -0.2) is 9.97 Å². The Hall–Kier alpha value is -4.98. The van der Waals surface area contributed by atoms with Gasteiger partial charge in [0.25, 0.3) is 0 Å². The smallest absolute Gasteiger partial charge is 0.224 e. The van der Waals surface area contributed by atoms with E-state index in [4.69, 9.17) is 21.1 Å². The first-order valence-corrected chi connectivity index (χ1v) is 15.0. The monoisotopic (exact) mass is 623 g/mol. The molecule has 0 aliphatic carbocycles. The Morgan fingerprint density at radius 3 is 2.51 bits per heavy atom. The molecule has 230 valence electrons. The van der Waals surface area contributed by atoms with Crippen molar-refractivity contribution in [3.05, 3.63) is 82.8 Å². The number of nitriles is 1. The number of ether oxygens (including phenoxy) is 2. The fourth-order valence-electron chi connectivity index (χ4n) is 4.83. The highest BCUT2D eigenvalue weighted by atomic mass is 35.5. The molecule has 0 spiro atoms. The number of nitrogens with one attached hydrogen (secondary N) is 2. The van der Waals surface area contributed by atoms with Gasteiger partial charge in [-0.1, -0.05) is 23.7 Å². The number of benzene rings is 3. The minimum absolute atomic E-state index is 0.122. The van der Waals surface area contributed by atoms with Crippen molar-refractivity contribution >= 4 is 56.5 Å². The standard InChI is InChI=1S/C34H34ClN7O3/c1-5-44-32-17-28-24(16-29(32)41-33(43)11-8-14-42(3)4)34(22(18-36)19-37-28)39-23-12-13-31(25(35)15-23)45-20-30-21(2)38-26-9-6-7-10-27(26)40-30/h6-7,9-10,12-13,15-17,19H,5,8,11,14,20H2,1-4H3,(H,37,39)(H,41,43). The number of fused-ring (bicyclic) bond motifs is 2. The predicted octanol–water partition coefficient (Wildman–Crippen LogP) is 7.01. The lowest BCUT2D eigenvalue weighted by Gasteiger charge is -2.17. The van der Waals surface area contributed by atoms with Gasteiger partial charge in [-0.3, -0.25) is 9.78 Å². The van der Waals surface area contributed by atoms with E-state index >= 15 is 0 Å². The van der Waals surface area contributed by atoms with Crippen molar-refractivity contribution in [2.45, 2.75) is 33.3 Å². The fraction of sp³-hybridized carbons (Fsp3) is 0.265. The number of nitrogens with zero attached hydrogens (tertiary/aromatic N) is 5. The third kappa shape index (κ3) is 7.58. The van der Waals surface area contributed by atoms with Gasteiger partial charge in [0, 0.05) is 29.8 Å². The molecule has 0 saturated heterocycles. The topological polar surface area (TPSA) is 125 Å². The number of halogens is 1. The molecule has 11 heteroatoms. The molecule has 0 atom stereocenters. The van der Waals surface area contributed by atoms with Crippen molar-refractivity contribution in [1.29, 1.82) is 5.26 Å². The molecule has 0 aliphatic rings. The summed E-state index contributed by atoms with van der Waals surface area (Å²) in [5, 5.41) is 17.3. The summed E-state index contributed by atoms with van der Waals surface area (Å²) in [6, 6.07) is 18.8. The van der Waals surface area contributed by atoms with Crippen LogP contribution in [0, 0.1) is 18.3 Å². The van der Waals surface area contributed by atoms with Gasteiger partial charge in [-0.15, -0.1) is 0 Å². The molecule has 2 N–H and O–H groups in total. The number of carbonyl (C=O) groups excluding carboxylic acids is 1. The van der Waals surface area contributed by atoms with Gasteiger partial charge < -0.3 is 25.0 Å². The second-order valence-corrected chi connectivity index (χ2v) is 11.1. The number of rotatable bonds is 12. The summed E-state index contributed by atoms with van der Waals surface area (Å²) in [6.07, 6.45) is 2.59. The summed E-state index contributed by atoms with van der Waals surface area (Å²) < 4.78 is 11.8. The highest BCUT2D eigenvalue weighted by Gasteiger charge is 2.17. The molecule has 3 aromatic carbocycles. The predicted molar refractivity (Wildman–Crippen MR) is 177 cm³/mol. The minimum Gasteiger partial charge on any atom is -0.492 e. The second kappa shape index (κ2) is 14.2. The van der Waals surface area contributed by atoms with Gasteiger partial charge in [0.2, 0.25) is 5.91 Å². The van der Waals surface area contributed by atoms with Crippen molar-refractivity contribution in [1.82, 2.24) is 19.9 Å². The average molecular weight is 624 g/mol. The second-order valence-electron chi connectivity index (χ2n) is 10.7. The minimum atomic E-state index is -0.122. The molecule has 0 fully saturated rings. The number of amides is 1. The van der Waals surface area contributed by atoms with E-state index in [2.05, 4.69) is 31.7 Å². The highest BCUT2D eigenvalue weighted by molar-refractivity contribution is 6.32. The molecule has 0 saturated carbocycles. The maximum atomic E-state index is 12.8. The molecule has 10 nitrogen and oxygen atoms in total. The molecule has 0 bridgehead atoms. The Kier molecular flexibility index (Phi) is 9.92. The number of hydrogen-bond donors (Lipinski definition) is 2. The van der Waals surface area contributed by atoms with Crippen LogP contribution < -0.4 is 20.1 Å². The van der Waals surface area contributed by atoms with E-state index in [1.807, 2.05) is 63.2 Å². The van der Waals surface area contributed by atoms with E-state index in [0.29, 0.717) is 63.1 Å². The van der Waals surface area contributed by atoms with E-state index in [-0.39, 0.29) is 12.5 Å². The molecule has 0 radical (unpaired) electrons. The van der Waals surface area contributed by atoms with E-state index in [1.165, 1.54) is 6.20 Å². The van der Waals surface area contributed by atoms with Crippen molar-refractivity contribution < 1.29 is 14.3 Å². The quantitative estimate of drug-likeness (QED) is 0.151. The average Bonchev–Trinajstić information content (AvgIpc) is 3.01. The first-order valence-electron chi connectivity index (χ1n) is 14.6. The van der Waals surface area contributed by atoms with Crippen LogP contribution in [0.4, 0.5) is 17.1 Å². The number of para-hydroxylation sites is 2. The van der Waals surface area contributed by atoms with E-state index in [1.54, 1.807) is 24.3 Å². The molecule has 5 rings (SSSR count). The number of pyridine rings is 1. The Labute approximate surface area is 267 Å². The molecule has 0 aliphatic heterocycles. The maximum absolute atomic E-state index is 12.8. The molecular weight excluding hydrogens is 590 g/mol. The Morgan fingerprint density at radius 2 is 1.80 bits per heavy atom. The highest BCUT2D eigenvalue weighted by Crippen LogP contribution is 2.37. The van der Waals surface area contributed by atoms with Gasteiger partial charge in [-0.05, 0) is 77.3 Å². The molecular formula is C34H34ClN7O3. The zero-order chi connectivity index (χ0) is 31.9. The van der Waals surface area contributed by atoms with Crippen LogP contribution in [0.1, 0.15) is 36.7 Å². The summed E-state index contributed by atoms with van der Waals surface area (Å²) in [5.74, 6) is 0.866. The Morgan fingerprint density at radius 1 is 1.02 bits per heavy atom. The molecule has 45 heavy (non-hydrogen) atoms. The van der Waals surface area contributed by atoms with Crippen molar-refractivity contribution in [2.75, 3.05) is 37.9 Å². The maximum Gasteiger partial charge on any atom is 0.224 e. The van der Waals surface area contributed by atoms with Crippen LogP contribution in [0.2, 0.25) is 5.02 Å². The number of aromatic nitrogens is 3. The van der Waals surface area contributed by atoms with Crippen molar-refractivity contribution in [3.8, 4) is 17.6 Å². The van der Waals surface area contributed by atoms with Crippen molar-refractivity contribution in [3.63, 3.8) is 0 Å². The summed E-state index contributed by atoms with van der Waals surface area (Å²) in [5.41, 5.74) is 5.74. The van der Waals surface area contributed by atoms with Crippen LogP contribution in [0.15, 0.2) is 60.8 Å². The first kappa shape index (κ1) is 31.4. The summed E-state index contributed by atoms with van der Waals surface area (Å²) in [6.45, 7) is 5.19. The van der Waals surface area contributed by atoms with Crippen LogP contribution in [-0.4, -0.2) is 53.0 Å². The normalized spacial score (nSPS) is 11.0.